The second-order valence-corrected chi connectivity index (χ2v) is 5.74. The van der Waals surface area contributed by atoms with E-state index in [-0.39, 0.29) is 18.0 Å². The number of benzene rings is 1. The fourth-order valence-electron chi connectivity index (χ4n) is 2.48. The molecule has 0 heterocycles. The van der Waals surface area contributed by atoms with Gasteiger partial charge < -0.3 is 9.84 Å². The van der Waals surface area contributed by atoms with Crippen LogP contribution in [-0.4, -0.2) is 24.3 Å². The van der Waals surface area contributed by atoms with Crippen molar-refractivity contribution in [3.05, 3.63) is 33.9 Å². The summed E-state index contributed by atoms with van der Waals surface area (Å²) in [4.78, 5) is 12.0. The SMILES string of the molecule is COC(=O)c1c(C)cc(C)c(C)c1CCC(C)C(C)O. The summed E-state index contributed by atoms with van der Waals surface area (Å²) in [6.45, 7) is 9.88. The highest BCUT2D eigenvalue weighted by molar-refractivity contribution is 5.93. The van der Waals surface area contributed by atoms with Crippen molar-refractivity contribution < 1.29 is 14.6 Å². The lowest BCUT2D eigenvalue weighted by atomic mass is 9.88. The number of aliphatic hydroxyl groups excluding tert-OH is 1. The molecule has 0 radical (unpaired) electrons. The number of aryl methyl sites for hydroxylation is 2. The number of ether oxygens (including phenoxy) is 1. The normalized spacial score (nSPS) is 13.9. The molecule has 0 bridgehead atoms. The van der Waals surface area contributed by atoms with Gasteiger partial charge in [0.05, 0.1) is 18.8 Å². The molecular formula is C17H26O3. The second-order valence-electron chi connectivity index (χ2n) is 5.74. The van der Waals surface area contributed by atoms with Crippen LogP contribution in [0, 0.1) is 26.7 Å². The van der Waals surface area contributed by atoms with E-state index in [1.165, 1.54) is 12.7 Å². The number of esters is 1. The minimum Gasteiger partial charge on any atom is -0.465 e. The molecule has 0 saturated heterocycles. The van der Waals surface area contributed by atoms with E-state index in [9.17, 15) is 9.90 Å². The Hall–Kier alpha value is -1.35. The molecule has 0 saturated carbocycles. The average Bonchev–Trinajstić information content (AvgIpc) is 2.39. The summed E-state index contributed by atoms with van der Waals surface area (Å²) in [5.74, 6) is -0.0639. The summed E-state index contributed by atoms with van der Waals surface area (Å²) < 4.78 is 4.92. The Labute approximate surface area is 122 Å². The summed E-state index contributed by atoms with van der Waals surface area (Å²) in [5.41, 5.74) is 5.04. The van der Waals surface area contributed by atoms with Crippen molar-refractivity contribution in [3.8, 4) is 0 Å². The van der Waals surface area contributed by atoms with Gasteiger partial charge in [-0.3, -0.25) is 0 Å². The molecule has 2 atom stereocenters. The van der Waals surface area contributed by atoms with Crippen molar-refractivity contribution in [2.45, 2.75) is 53.6 Å². The first-order valence-electron chi connectivity index (χ1n) is 7.15. The Morgan fingerprint density at radius 3 is 2.35 bits per heavy atom. The molecule has 0 aliphatic heterocycles. The molecule has 1 N–H and O–H groups in total. The van der Waals surface area contributed by atoms with Crippen LogP contribution >= 0.6 is 0 Å². The minimum absolute atomic E-state index is 0.209. The fraction of sp³-hybridized carbons (Fsp3) is 0.588. The molecule has 0 fully saturated rings. The first-order valence-corrected chi connectivity index (χ1v) is 7.15. The molecule has 20 heavy (non-hydrogen) atoms. The molecule has 0 aliphatic carbocycles. The van der Waals surface area contributed by atoms with Crippen LogP contribution in [-0.2, 0) is 11.2 Å². The predicted molar refractivity (Wildman–Crippen MR) is 81.2 cm³/mol. The molecule has 3 heteroatoms. The number of hydrogen-bond donors (Lipinski definition) is 1. The smallest absolute Gasteiger partial charge is 0.338 e. The van der Waals surface area contributed by atoms with E-state index in [0.717, 1.165) is 29.5 Å². The standard InChI is InChI=1S/C17H26O3/c1-10(14(5)18)7-8-15-13(4)11(2)9-12(3)16(15)17(19)20-6/h9-10,14,18H,7-8H2,1-6H3. The van der Waals surface area contributed by atoms with Gasteiger partial charge in [0.1, 0.15) is 0 Å². The maximum absolute atomic E-state index is 12.0. The van der Waals surface area contributed by atoms with Crippen LogP contribution < -0.4 is 0 Å². The zero-order chi connectivity index (χ0) is 15.4. The van der Waals surface area contributed by atoms with Gasteiger partial charge in [0, 0.05) is 0 Å². The Morgan fingerprint density at radius 2 is 1.85 bits per heavy atom. The van der Waals surface area contributed by atoms with Crippen LogP contribution in [0.15, 0.2) is 6.07 Å². The highest BCUT2D eigenvalue weighted by Gasteiger charge is 2.19. The maximum Gasteiger partial charge on any atom is 0.338 e. The summed E-state index contributed by atoms with van der Waals surface area (Å²) in [6.07, 6.45) is 1.30. The number of carbonyl (C=O) groups is 1. The maximum atomic E-state index is 12.0. The van der Waals surface area contributed by atoms with Gasteiger partial charge >= 0.3 is 5.97 Å². The molecule has 1 aromatic carbocycles. The predicted octanol–water partition coefficient (Wildman–Crippen LogP) is 3.35. The molecule has 1 aromatic rings. The average molecular weight is 278 g/mol. The van der Waals surface area contributed by atoms with Gasteiger partial charge in [-0.15, -0.1) is 0 Å². The van der Waals surface area contributed by atoms with Gasteiger partial charge in [0.25, 0.3) is 0 Å². The lowest BCUT2D eigenvalue weighted by molar-refractivity contribution is 0.0598. The third-order valence-electron chi connectivity index (χ3n) is 4.24. The monoisotopic (exact) mass is 278 g/mol. The van der Waals surface area contributed by atoms with E-state index in [0.29, 0.717) is 5.56 Å². The molecule has 0 aliphatic rings. The van der Waals surface area contributed by atoms with E-state index < -0.39 is 0 Å². The van der Waals surface area contributed by atoms with Crippen molar-refractivity contribution in [1.29, 1.82) is 0 Å². The fourth-order valence-corrected chi connectivity index (χ4v) is 2.48. The zero-order valence-corrected chi connectivity index (χ0v) is 13.4. The number of carbonyl (C=O) groups excluding carboxylic acids is 1. The second kappa shape index (κ2) is 6.89. The summed E-state index contributed by atoms with van der Waals surface area (Å²) in [5, 5.41) is 9.61. The summed E-state index contributed by atoms with van der Waals surface area (Å²) in [6, 6.07) is 2.03. The molecule has 0 amide bonds. The zero-order valence-electron chi connectivity index (χ0n) is 13.4. The quantitative estimate of drug-likeness (QED) is 0.840. The number of methoxy groups -OCH3 is 1. The highest BCUT2D eigenvalue weighted by Crippen LogP contribution is 2.26. The summed E-state index contributed by atoms with van der Waals surface area (Å²) in [7, 11) is 1.42. The third kappa shape index (κ3) is 3.60. The van der Waals surface area contributed by atoms with Gasteiger partial charge in [0.15, 0.2) is 0 Å². The molecule has 0 aromatic heterocycles. The van der Waals surface area contributed by atoms with E-state index in [2.05, 4.69) is 6.92 Å². The van der Waals surface area contributed by atoms with Crippen LogP contribution in [0.4, 0.5) is 0 Å². The van der Waals surface area contributed by atoms with Gasteiger partial charge in [-0.05, 0) is 68.7 Å². The number of rotatable bonds is 5. The van der Waals surface area contributed by atoms with Crippen molar-refractivity contribution in [1.82, 2.24) is 0 Å². The molecule has 1 rings (SSSR count). The number of aliphatic hydroxyl groups is 1. The topological polar surface area (TPSA) is 46.5 Å². The van der Waals surface area contributed by atoms with Crippen molar-refractivity contribution in [2.75, 3.05) is 7.11 Å². The number of hydrogen-bond acceptors (Lipinski definition) is 3. The van der Waals surface area contributed by atoms with Crippen LogP contribution in [0.1, 0.15) is 52.9 Å². The third-order valence-corrected chi connectivity index (χ3v) is 4.24. The Bertz CT molecular complexity index is 489. The van der Waals surface area contributed by atoms with Crippen LogP contribution in [0.3, 0.4) is 0 Å². The first kappa shape index (κ1) is 16.7. The van der Waals surface area contributed by atoms with Crippen LogP contribution in [0.5, 0.6) is 0 Å². The van der Waals surface area contributed by atoms with Crippen LogP contribution in [0.25, 0.3) is 0 Å². The van der Waals surface area contributed by atoms with Crippen molar-refractivity contribution in [3.63, 3.8) is 0 Å². The van der Waals surface area contributed by atoms with Crippen molar-refractivity contribution >= 4 is 5.97 Å². The van der Waals surface area contributed by atoms with E-state index >= 15 is 0 Å². The molecule has 0 spiro atoms. The lowest BCUT2D eigenvalue weighted by Gasteiger charge is -2.19. The Balaban J connectivity index is 3.18. The van der Waals surface area contributed by atoms with E-state index in [1.807, 2.05) is 26.8 Å². The molecular weight excluding hydrogens is 252 g/mol. The first-order chi connectivity index (χ1) is 9.29. The van der Waals surface area contributed by atoms with Crippen molar-refractivity contribution in [2.24, 2.45) is 5.92 Å². The Morgan fingerprint density at radius 1 is 1.25 bits per heavy atom. The lowest BCUT2D eigenvalue weighted by Crippen LogP contribution is -2.16. The van der Waals surface area contributed by atoms with Gasteiger partial charge in [-0.2, -0.15) is 0 Å². The van der Waals surface area contributed by atoms with Gasteiger partial charge in [0.2, 0.25) is 0 Å². The molecule has 112 valence electrons. The van der Waals surface area contributed by atoms with E-state index in [1.54, 1.807) is 6.92 Å². The summed E-state index contributed by atoms with van der Waals surface area (Å²) >= 11 is 0. The molecule has 3 nitrogen and oxygen atoms in total. The van der Waals surface area contributed by atoms with Gasteiger partial charge in [-0.1, -0.05) is 13.0 Å². The van der Waals surface area contributed by atoms with Crippen LogP contribution in [0.2, 0.25) is 0 Å². The highest BCUT2D eigenvalue weighted by atomic mass is 16.5. The van der Waals surface area contributed by atoms with E-state index in [4.69, 9.17) is 4.74 Å². The largest absolute Gasteiger partial charge is 0.465 e. The van der Waals surface area contributed by atoms with Gasteiger partial charge in [-0.25, -0.2) is 4.79 Å². The molecule has 2 unspecified atom stereocenters. The Kier molecular flexibility index (Phi) is 5.75. The minimum atomic E-state index is -0.331.